The van der Waals surface area contributed by atoms with Crippen molar-refractivity contribution in [1.82, 2.24) is 9.78 Å². The molecule has 8 heteroatoms. The number of rotatable bonds is 4. The fraction of sp³-hybridized carbons (Fsp3) is 0.182. The molecule has 0 radical (unpaired) electrons. The van der Waals surface area contributed by atoms with Crippen LogP contribution in [0.2, 0.25) is 0 Å². The maximum absolute atomic E-state index is 11.4. The van der Waals surface area contributed by atoms with E-state index in [0.29, 0.717) is 11.5 Å². The van der Waals surface area contributed by atoms with Crippen LogP contribution in [0.5, 0.6) is 0 Å². The number of primary amides is 1. The number of anilines is 2. The molecule has 0 spiro atoms. The SMILES string of the molecule is Cn1cc(CNc2sc(C#N)c(N)c2C(N)=O)cn1. The third-order valence-electron chi connectivity index (χ3n) is 2.50. The first-order valence-electron chi connectivity index (χ1n) is 5.36. The van der Waals surface area contributed by atoms with Crippen LogP contribution in [0.15, 0.2) is 12.4 Å². The molecule has 2 aromatic heterocycles. The van der Waals surface area contributed by atoms with Crippen molar-refractivity contribution >= 4 is 27.9 Å². The highest BCUT2D eigenvalue weighted by molar-refractivity contribution is 7.17. The topological polar surface area (TPSA) is 123 Å². The molecule has 0 bridgehead atoms. The molecule has 5 N–H and O–H groups in total. The van der Waals surface area contributed by atoms with Gasteiger partial charge in [-0.05, 0) is 0 Å². The van der Waals surface area contributed by atoms with Gasteiger partial charge in [-0.2, -0.15) is 10.4 Å². The average Bonchev–Trinajstić information content (AvgIpc) is 2.90. The van der Waals surface area contributed by atoms with Gasteiger partial charge in [-0.15, -0.1) is 11.3 Å². The minimum Gasteiger partial charge on any atom is -0.396 e. The van der Waals surface area contributed by atoms with E-state index in [0.717, 1.165) is 16.9 Å². The number of nitrogens with zero attached hydrogens (tertiary/aromatic N) is 3. The maximum atomic E-state index is 11.4. The van der Waals surface area contributed by atoms with Gasteiger partial charge in [0.1, 0.15) is 15.9 Å². The highest BCUT2D eigenvalue weighted by Gasteiger charge is 2.19. The van der Waals surface area contributed by atoms with Gasteiger partial charge in [-0.1, -0.05) is 0 Å². The van der Waals surface area contributed by atoms with E-state index in [4.69, 9.17) is 16.7 Å². The van der Waals surface area contributed by atoms with Gasteiger partial charge in [0.2, 0.25) is 0 Å². The Balaban J connectivity index is 2.25. The minimum absolute atomic E-state index is 0.133. The largest absolute Gasteiger partial charge is 0.396 e. The Kier molecular flexibility index (Phi) is 3.39. The smallest absolute Gasteiger partial charge is 0.253 e. The summed E-state index contributed by atoms with van der Waals surface area (Å²) in [5.41, 5.74) is 12.3. The van der Waals surface area contributed by atoms with Crippen molar-refractivity contribution in [3.05, 3.63) is 28.4 Å². The van der Waals surface area contributed by atoms with E-state index >= 15 is 0 Å². The molecule has 2 heterocycles. The summed E-state index contributed by atoms with van der Waals surface area (Å²) in [5, 5.41) is 16.5. The minimum atomic E-state index is -0.649. The predicted molar refractivity (Wildman–Crippen MR) is 72.5 cm³/mol. The lowest BCUT2D eigenvalue weighted by atomic mass is 10.2. The van der Waals surface area contributed by atoms with E-state index in [2.05, 4.69) is 10.4 Å². The monoisotopic (exact) mass is 276 g/mol. The Bertz CT molecular complexity index is 665. The summed E-state index contributed by atoms with van der Waals surface area (Å²) in [6.45, 7) is 0.471. The quantitative estimate of drug-likeness (QED) is 0.756. The molecule has 0 atom stereocenters. The number of thiophene rings is 1. The van der Waals surface area contributed by atoms with Crippen LogP contribution in [-0.4, -0.2) is 15.7 Å². The highest BCUT2D eigenvalue weighted by Crippen LogP contribution is 2.35. The Morgan fingerprint density at radius 1 is 1.68 bits per heavy atom. The van der Waals surface area contributed by atoms with Gasteiger partial charge in [-0.3, -0.25) is 9.48 Å². The van der Waals surface area contributed by atoms with Gasteiger partial charge < -0.3 is 16.8 Å². The zero-order valence-corrected chi connectivity index (χ0v) is 11.0. The van der Waals surface area contributed by atoms with Crippen molar-refractivity contribution in [3.8, 4) is 6.07 Å². The number of carbonyl (C=O) groups excluding carboxylic acids is 1. The van der Waals surface area contributed by atoms with Gasteiger partial charge in [0.05, 0.1) is 17.4 Å². The van der Waals surface area contributed by atoms with Crippen LogP contribution in [0.4, 0.5) is 10.7 Å². The van der Waals surface area contributed by atoms with Gasteiger partial charge in [0.25, 0.3) is 5.91 Å². The number of hydrogen-bond acceptors (Lipinski definition) is 6. The number of amides is 1. The number of nitrogen functional groups attached to an aromatic ring is 1. The molecule has 0 unspecified atom stereocenters. The van der Waals surface area contributed by atoms with E-state index in [-0.39, 0.29) is 16.1 Å². The molecule has 0 saturated heterocycles. The zero-order chi connectivity index (χ0) is 14.0. The molecule has 0 aromatic carbocycles. The van der Waals surface area contributed by atoms with Crippen LogP contribution >= 0.6 is 11.3 Å². The number of hydrogen-bond donors (Lipinski definition) is 3. The summed E-state index contributed by atoms with van der Waals surface area (Å²) in [6, 6.07) is 1.94. The molecule has 0 aliphatic carbocycles. The standard InChI is InChI=1S/C11H12N6OS/c1-17-5-6(4-16-17)3-15-11-8(10(14)18)9(13)7(2-12)19-11/h4-5,15H,3,13H2,1H3,(H2,14,18). The third kappa shape index (κ3) is 2.51. The maximum Gasteiger partial charge on any atom is 0.253 e. The summed E-state index contributed by atoms with van der Waals surface area (Å²) in [7, 11) is 1.81. The fourth-order valence-corrected chi connectivity index (χ4v) is 2.56. The van der Waals surface area contributed by atoms with Crippen LogP contribution in [-0.2, 0) is 13.6 Å². The Hall–Kier alpha value is -2.53. The second kappa shape index (κ2) is 4.99. The van der Waals surface area contributed by atoms with Crippen LogP contribution in [0.1, 0.15) is 20.8 Å². The molecule has 2 aromatic rings. The van der Waals surface area contributed by atoms with Crippen LogP contribution in [0.3, 0.4) is 0 Å². The summed E-state index contributed by atoms with van der Waals surface area (Å²) in [4.78, 5) is 11.7. The lowest BCUT2D eigenvalue weighted by Gasteiger charge is -2.03. The van der Waals surface area contributed by atoms with Gasteiger partial charge in [0, 0.05) is 25.4 Å². The molecule has 0 aliphatic rings. The van der Waals surface area contributed by atoms with E-state index < -0.39 is 5.91 Å². The van der Waals surface area contributed by atoms with Crippen molar-refractivity contribution in [2.75, 3.05) is 11.1 Å². The number of aryl methyl sites for hydroxylation is 1. The number of carbonyl (C=O) groups is 1. The second-order valence-corrected chi connectivity index (χ2v) is 4.92. The molecule has 98 valence electrons. The molecule has 0 fully saturated rings. The lowest BCUT2D eigenvalue weighted by molar-refractivity contribution is 0.100. The van der Waals surface area contributed by atoms with E-state index in [9.17, 15) is 4.79 Å². The van der Waals surface area contributed by atoms with Gasteiger partial charge >= 0.3 is 0 Å². The number of nitriles is 1. The van der Waals surface area contributed by atoms with Crippen LogP contribution in [0.25, 0.3) is 0 Å². The summed E-state index contributed by atoms with van der Waals surface area (Å²) in [5.74, 6) is -0.649. The van der Waals surface area contributed by atoms with Gasteiger partial charge in [-0.25, -0.2) is 0 Å². The first-order chi connectivity index (χ1) is 9.02. The number of nitrogens with two attached hydrogens (primary N) is 2. The fourth-order valence-electron chi connectivity index (χ4n) is 1.64. The van der Waals surface area contributed by atoms with Gasteiger partial charge in [0.15, 0.2) is 0 Å². The molecule has 7 nitrogen and oxygen atoms in total. The summed E-state index contributed by atoms with van der Waals surface area (Å²) >= 11 is 1.12. The van der Waals surface area contributed by atoms with Crippen molar-refractivity contribution in [1.29, 1.82) is 5.26 Å². The van der Waals surface area contributed by atoms with Crippen molar-refractivity contribution < 1.29 is 4.79 Å². The molecular weight excluding hydrogens is 264 g/mol. The van der Waals surface area contributed by atoms with Crippen molar-refractivity contribution in [2.45, 2.75) is 6.54 Å². The predicted octanol–water partition coefficient (Wildman–Crippen LogP) is 0.646. The zero-order valence-electron chi connectivity index (χ0n) is 10.2. The summed E-state index contributed by atoms with van der Waals surface area (Å²) < 4.78 is 1.68. The van der Waals surface area contributed by atoms with Crippen molar-refractivity contribution in [2.24, 2.45) is 12.8 Å². The van der Waals surface area contributed by atoms with Crippen LogP contribution < -0.4 is 16.8 Å². The number of nitrogens with one attached hydrogen (secondary N) is 1. The average molecular weight is 276 g/mol. The highest BCUT2D eigenvalue weighted by atomic mass is 32.1. The molecular formula is C11H12N6OS. The molecule has 1 amide bonds. The van der Waals surface area contributed by atoms with E-state index in [1.54, 1.807) is 10.9 Å². The molecule has 19 heavy (non-hydrogen) atoms. The Morgan fingerprint density at radius 2 is 2.42 bits per heavy atom. The van der Waals surface area contributed by atoms with E-state index in [1.165, 1.54) is 0 Å². The Labute approximate surface area is 113 Å². The third-order valence-corrected chi connectivity index (χ3v) is 3.57. The number of aromatic nitrogens is 2. The normalized spacial score (nSPS) is 10.1. The second-order valence-electron chi connectivity index (χ2n) is 3.90. The molecule has 0 saturated carbocycles. The first-order valence-corrected chi connectivity index (χ1v) is 6.18. The molecule has 0 aliphatic heterocycles. The van der Waals surface area contributed by atoms with E-state index in [1.807, 2.05) is 19.3 Å². The molecule has 2 rings (SSSR count). The first kappa shape index (κ1) is 12.9. The summed E-state index contributed by atoms with van der Waals surface area (Å²) in [6.07, 6.45) is 3.55. The lowest BCUT2D eigenvalue weighted by Crippen LogP contribution is -2.14. The van der Waals surface area contributed by atoms with Crippen LogP contribution in [0, 0.1) is 11.3 Å². The Morgan fingerprint density at radius 3 is 2.95 bits per heavy atom. The van der Waals surface area contributed by atoms with Crippen molar-refractivity contribution in [3.63, 3.8) is 0 Å².